The van der Waals surface area contributed by atoms with Crippen molar-refractivity contribution in [2.24, 2.45) is 0 Å². The lowest BCUT2D eigenvalue weighted by Crippen LogP contribution is -2.36. The largest absolute Gasteiger partial charge is 0.352 e. The average Bonchev–Trinajstić information content (AvgIpc) is 3.20. The van der Waals surface area contributed by atoms with E-state index in [4.69, 9.17) is 0 Å². The van der Waals surface area contributed by atoms with Gasteiger partial charge in [-0.2, -0.15) is 0 Å². The molecule has 98 valence electrons. The van der Waals surface area contributed by atoms with Gasteiger partial charge >= 0.3 is 0 Å². The highest BCUT2D eigenvalue weighted by molar-refractivity contribution is 5.78. The zero-order valence-electron chi connectivity index (χ0n) is 11.2. The number of benzene rings is 1. The van der Waals surface area contributed by atoms with Gasteiger partial charge in [-0.05, 0) is 37.3 Å². The first-order valence-electron chi connectivity index (χ1n) is 6.80. The summed E-state index contributed by atoms with van der Waals surface area (Å²) < 4.78 is 0. The van der Waals surface area contributed by atoms with Crippen molar-refractivity contribution in [1.82, 2.24) is 10.6 Å². The molecule has 0 bridgehead atoms. The van der Waals surface area contributed by atoms with Crippen molar-refractivity contribution in [1.29, 1.82) is 0 Å². The highest BCUT2D eigenvalue weighted by atomic mass is 16.2. The Morgan fingerprint density at radius 2 is 2.00 bits per heavy atom. The third kappa shape index (κ3) is 3.84. The van der Waals surface area contributed by atoms with E-state index in [-0.39, 0.29) is 11.9 Å². The number of nitrogens with one attached hydrogen (secondary N) is 2. The third-order valence-corrected chi connectivity index (χ3v) is 3.40. The van der Waals surface area contributed by atoms with Gasteiger partial charge in [0, 0.05) is 12.1 Å². The van der Waals surface area contributed by atoms with E-state index < -0.39 is 0 Å². The van der Waals surface area contributed by atoms with Crippen LogP contribution in [0.15, 0.2) is 24.3 Å². The van der Waals surface area contributed by atoms with E-state index in [1.165, 1.54) is 11.1 Å². The van der Waals surface area contributed by atoms with E-state index in [9.17, 15) is 4.79 Å². The van der Waals surface area contributed by atoms with Crippen LogP contribution in [0.4, 0.5) is 0 Å². The molecule has 1 aromatic carbocycles. The molecule has 0 aromatic heterocycles. The molecule has 3 heteroatoms. The van der Waals surface area contributed by atoms with E-state index in [2.05, 4.69) is 48.7 Å². The van der Waals surface area contributed by atoms with Crippen LogP contribution < -0.4 is 10.6 Å². The van der Waals surface area contributed by atoms with Crippen LogP contribution in [-0.2, 0) is 11.2 Å². The van der Waals surface area contributed by atoms with E-state index in [0.29, 0.717) is 12.6 Å². The summed E-state index contributed by atoms with van der Waals surface area (Å²) in [5, 5.41) is 6.23. The number of hydrogen-bond donors (Lipinski definition) is 2. The lowest BCUT2D eigenvalue weighted by molar-refractivity contribution is -0.120. The second kappa shape index (κ2) is 6.01. The maximum absolute atomic E-state index is 11.6. The Labute approximate surface area is 109 Å². The van der Waals surface area contributed by atoms with Crippen molar-refractivity contribution in [2.45, 2.75) is 45.2 Å². The fourth-order valence-corrected chi connectivity index (χ4v) is 1.91. The van der Waals surface area contributed by atoms with Crippen LogP contribution in [0.5, 0.6) is 0 Å². The monoisotopic (exact) mass is 246 g/mol. The van der Waals surface area contributed by atoms with Gasteiger partial charge in [-0.15, -0.1) is 0 Å². The molecule has 1 aliphatic rings. The van der Waals surface area contributed by atoms with Gasteiger partial charge in [-0.3, -0.25) is 4.79 Å². The second-order valence-corrected chi connectivity index (χ2v) is 5.04. The number of hydrogen-bond acceptors (Lipinski definition) is 2. The maximum atomic E-state index is 11.6. The molecule has 1 amide bonds. The minimum atomic E-state index is 0.106. The van der Waals surface area contributed by atoms with Crippen molar-refractivity contribution in [3.63, 3.8) is 0 Å². The maximum Gasteiger partial charge on any atom is 0.234 e. The second-order valence-electron chi connectivity index (χ2n) is 5.04. The van der Waals surface area contributed by atoms with Crippen LogP contribution >= 0.6 is 0 Å². The van der Waals surface area contributed by atoms with Gasteiger partial charge in [0.05, 0.1) is 6.54 Å². The summed E-state index contributed by atoms with van der Waals surface area (Å²) in [5.74, 6) is 0.106. The summed E-state index contributed by atoms with van der Waals surface area (Å²) in [6.07, 6.45) is 3.34. The Balaban J connectivity index is 1.78. The van der Waals surface area contributed by atoms with Crippen molar-refractivity contribution < 1.29 is 4.79 Å². The Morgan fingerprint density at radius 3 is 2.56 bits per heavy atom. The molecule has 1 atom stereocenters. The zero-order valence-corrected chi connectivity index (χ0v) is 11.2. The van der Waals surface area contributed by atoms with Crippen molar-refractivity contribution in [3.8, 4) is 0 Å². The van der Waals surface area contributed by atoms with Crippen molar-refractivity contribution in [3.05, 3.63) is 35.4 Å². The number of rotatable bonds is 6. The predicted molar refractivity (Wildman–Crippen MR) is 73.4 cm³/mol. The standard InChI is InChI=1S/C15H22N2O/c1-3-12-4-6-13(7-5-12)11(2)16-10-15(18)17-14-8-9-14/h4-7,11,14,16H,3,8-10H2,1-2H3,(H,17,18). The molecule has 0 saturated heterocycles. The summed E-state index contributed by atoms with van der Waals surface area (Å²) in [4.78, 5) is 11.6. The normalized spacial score (nSPS) is 16.3. The Kier molecular flexibility index (Phi) is 4.37. The summed E-state index contributed by atoms with van der Waals surface area (Å²) in [5.41, 5.74) is 2.57. The third-order valence-electron chi connectivity index (χ3n) is 3.40. The predicted octanol–water partition coefficient (Wildman–Crippen LogP) is 2.18. The van der Waals surface area contributed by atoms with E-state index >= 15 is 0 Å². The van der Waals surface area contributed by atoms with E-state index in [0.717, 1.165) is 19.3 Å². The lowest BCUT2D eigenvalue weighted by atomic mass is 10.1. The average molecular weight is 246 g/mol. The zero-order chi connectivity index (χ0) is 13.0. The summed E-state index contributed by atoms with van der Waals surface area (Å²) >= 11 is 0. The Morgan fingerprint density at radius 1 is 1.33 bits per heavy atom. The molecule has 0 aliphatic heterocycles. The number of amides is 1. The number of aryl methyl sites for hydroxylation is 1. The first-order chi connectivity index (χ1) is 8.69. The van der Waals surface area contributed by atoms with Gasteiger partial charge < -0.3 is 10.6 Å². The topological polar surface area (TPSA) is 41.1 Å². The highest BCUT2D eigenvalue weighted by Crippen LogP contribution is 2.18. The van der Waals surface area contributed by atoms with Crippen LogP contribution in [0.3, 0.4) is 0 Å². The van der Waals surface area contributed by atoms with Crippen LogP contribution in [0.25, 0.3) is 0 Å². The fourth-order valence-electron chi connectivity index (χ4n) is 1.91. The van der Waals surface area contributed by atoms with Gasteiger partial charge in [0.1, 0.15) is 0 Å². The smallest absolute Gasteiger partial charge is 0.234 e. The first-order valence-corrected chi connectivity index (χ1v) is 6.80. The first kappa shape index (κ1) is 13.1. The molecule has 18 heavy (non-hydrogen) atoms. The van der Waals surface area contributed by atoms with Crippen LogP contribution in [-0.4, -0.2) is 18.5 Å². The lowest BCUT2D eigenvalue weighted by Gasteiger charge is -2.14. The molecule has 1 aliphatic carbocycles. The molecule has 1 aromatic rings. The molecule has 0 heterocycles. The number of carbonyl (C=O) groups excluding carboxylic acids is 1. The molecule has 3 nitrogen and oxygen atoms in total. The van der Waals surface area contributed by atoms with Crippen molar-refractivity contribution >= 4 is 5.91 Å². The minimum absolute atomic E-state index is 0.106. The summed E-state index contributed by atoms with van der Waals surface area (Å²) in [6.45, 7) is 4.64. The Bertz CT molecular complexity index is 395. The van der Waals surface area contributed by atoms with Gasteiger partial charge in [0.2, 0.25) is 5.91 Å². The molecule has 2 N–H and O–H groups in total. The SMILES string of the molecule is CCc1ccc(C(C)NCC(=O)NC2CC2)cc1. The number of carbonyl (C=O) groups is 1. The van der Waals surface area contributed by atoms with Gasteiger partial charge in [0.15, 0.2) is 0 Å². The summed E-state index contributed by atoms with van der Waals surface area (Å²) in [6, 6.07) is 9.22. The molecule has 1 saturated carbocycles. The van der Waals surface area contributed by atoms with Crippen LogP contribution in [0, 0.1) is 0 Å². The fraction of sp³-hybridized carbons (Fsp3) is 0.533. The van der Waals surface area contributed by atoms with Gasteiger partial charge in [-0.1, -0.05) is 31.2 Å². The molecule has 0 spiro atoms. The molecule has 0 radical (unpaired) electrons. The van der Waals surface area contributed by atoms with Crippen LogP contribution in [0.2, 0.25) is 0 Å². The summed E-state index contributed by atoms with van der Waals surface area (Å²) in [7, 11) is 0. The quantitative estimate of drug-likeness (QED) is 0.807. The van der Waals surface area contributed by atoms with Crippen LogP contribution in [0.1, 0.15) is 43.9 Å². The minimum Gasteiger partial charge on any atom is -0.352 e. The van der Waals surface area contributed by atoms with E-state index in [1.807, 2.05) is 0 Å². The molecule has 1 fully saturated rings. The molecule has 1 unspecified atom stereocenters. The molecule has 2 rings (SSSR count). The van der Waals surface area contributed by atoms with E-state index in [1.54, 1.807) is 0 Å². The molecular weight excluding hydrogens is 224 g/mol. The van der Waals surface area contributed by atoms with Gasteiger partial charge in [-0.25, -0.2) is 0 Å². The Hall–Kier alpha value is -1.35. The highest BCUT2D eigenvalue weighted by Gasteiger charge is 2.23. The van der Waals surface area contributed by atoms with Gasteiger partial charge in [0.25, 0.3) is 0 Å². The molecular formula is C15H22N2O. The van der Waals surface area contributed by atoms with Crippen molar-refractivity contribution in [2.75, 3.05) is 6.54 Å².